The van der Waals surface area contributed by atoms with Gasteiger partial charge >= 0.3 is 0 Å². The first-order valence-electron chi connectivity index (χ1n) is 12.9. The fourth-order valence-corrected chi connectivity index (χ4v) is 6.93. The monoisotopic (exact) mass is 524 g/mol. The van der Waals surface area contributed by atoms with Gasteiger partial charge in [-0.05, 0) is 69.8 Å². The van der Waals surface area contributed by atoms with Gasteiger partial charge in [0.25, 0.3) is 0 Å². The average Bonchev–Trinajstić information content (AvgIpc) is 2.85. The summed E-state index contributed by atoms with van der Waals surface area (Å²) in [4.78, 5) is 19.8. The molecule has 0 aromatic heterocycles. The summed E-state index contributed by atoms with van der Waals surface area (Å²) in [6.45, 7) is 8.34. The number of carbonyl (C=O) groups excluding carboxylic acids is 1. The molecular weight excluding hydrogens is 480 g/mol. The summed E-state index contributed by atoms with van der Waals surface area (Å²) < 4.78 is 38.4. The van der Waals surface area contributed by atoms with E-state index >= 15 is 0 Å². The van der Waals surface area contributed by atoms with E-state index in [0.29, 0.717) is 22.9 Å². The van der Waals surface area contributed by atoms with Crippen LogP contribution in [0.15, 0.2) is 17.0 Å². The van der Waals surface area contributed by atoms with Crippen LogP contribution in [0.1, 0.15) is 36.8 Å². The minimum Gasteiger partial charge on any atom is -0.497 e. The molecule has 9 nitrogen and oxygen atoms in total. The number of likely N-dealkylation sites (N-methyl/N-ethyl adjacent to an activating group) is 3. The van der Waals surface area contributed by atoms with E-state index in [0.717, 1.165) is 51.9 Å². The lowest BCUT2D eigenvalue weighted by molar-refractivity contribution is -0.137. The van der Waals surface area contributed by atoms with Crippen LogP contribution in [-0.4, -0.2) is 120 Å². The second-order valence-corrected chi connectivity index (χ2v) is 12.3. The Morgan fingerprint density at radius 3 is 2.17 bits per heavy atom. The van der Waals surface area contributed by atoms with E-state index in [1.807, 2.05) is 11.9 Å². The second kappa shape index (κ2) is 12.7. The number of benzene rings is 1. The smallest absolute Gasteiger partial charge is 0.248 e. The number of amides is 1. The quantitative estimate of drug-likeness (QED) is 0.433. The van der Waals surface area contributed by atoms with E-state index in [4.69, 9.17) is 9.47 Å². The Bertz CT molecular complexity index is 963. The third kappa shape index (κ3) is 6.98. The molecule has 1 aromatic carbocycles. The van der Waals surface area contributed by atoms with Crippen molar-refractivity contribution in [1.82, 2.24) is 19.0 Å². The normalized spacial score (nSPS) is 22.1. The number of methoxy groups -OCH3 is 1. The molecule has 1 heterocycles. The zero-order valence-electron chi connectivity index (χ0n) is 22.8. The highest BCUT2D eigenvalue weighted by atomic mass is 32.2. The van der Waals surface area contributed by atoms with Gasteiger partial charge < -0.3 is 19.3 Å². The highest BCUT2D eigenvalue weighted by molar-refractivity contribution is 7.89. The Kier molecular flexibility index (Phi) is 10.2. The molecule has 1 aliphatic carbocycles. The first-order valence-corrected chi connectivity index (χ1v) is 14.4. The van der Waals surface area contributed by atoms with Crippen LogP contribution in [0.4, 0.5) is 0 Å². The predicted octanol–water partition coefficient (Wildman–Crippen LogP) is 1.97. The van der Waals surface area contributed by atoms with Crippen molar-refractivity contribution in [3.63, 3.8) is 0 Å². The van der Waals surface area contributed by atoms with Crippen molar-refractivity contribution >= 4 is 15.9 Å². The molecule has 0 N–H and O–H groups in total. The molecule has 1 aliphatic heterocycles. The number of hydrogen-bond donors (Lipinski definition) is 0. The Hall–Kier alpha value is -1.72. The lowest BCUT2D eigenvalue weighted by Gasteiger charge is -2.42. The summed E-state index contributed by atoms with van der Waals surface area (Å²) in [7, 11) is 3.45. The molecule has 204 valence electrons. The molecule has 0 unspecified atom stereocenters. The van der Waals surface area contributed by atoms with Crippen molar-refractivity contribution in [1.29, 1.82) is 0 Å². The lowest BCUT2D eigenvalue weighted by Crippen LogP contribution is -2.51. The van der Waals surface area contributed by atoms with Gasteiger partial charge in [-0.2, -0.15) is 4.31 Å². The third-order valence-electron chi connectivity index (χ3n) is 7.78. The molecule has 0 bridgehead atoms. The molecule has 1 saturated heterocycles. The minimum atomic E-state index is -3.68. The van der Waals surface area contributed by atoms with Crippen LogP contribution in [0, 0.1) is 13.8 Å². The van der Waals surface area contributed by atoms with Crippen LogP contribution in [0.25, 0.3) is 0 Å². The van der Waals surface area contributed by atoms with Crippen molar-refractivity contribution in [3.05, 3.63) is 23.3 Å². The van der Waals surface area contributed by atoms with Gasteiger partial charge in [0.1, 0.15) is 12.4 Å². The number of ether oxygens (including phenoxy) is 2. The highest BCUT2D eigenvalue weighted by Gasteiger charge is 2.31. The molecule has 1 amide bonds. The van der Waals surface area contributed by atoms with Gasteiger partial charge in [-0.1, -0.05) is 0 Å². The summed E-state index contributed by atoms with van der Waals surface area (Å²) in [6.07, 6.45) is 4.28. The zero-order chi connectivity index (χ0) is 26.5. The Morgan fingerprint density at radius 2 is 1.61 bits per heavy atom. The molecule has 0 radical (unpaired) electrons. The Balaban J connectivity index is 1.42. The number of sulfonamides is 1. The van der Waals surface area contributed by atoms with Crippen LogP contribution in [-0.2, 0) is 19.6 Å². The molecule has 2 aliphatic rings. The van der Waals surface area contributed by atoms with Crippen LogP contribution < -0.4 is 4.74 Å². The molecule has 36 heavy (non-hydrogen) atoms. The summed E-state index contributed by atoms with van der Waals surface area (Å²) in [5.41, 5.74) is 1.28. The van der Waals surface area contributed by atoms with Crippen molar-refractivity contribution in [2.24, 2.45) is 0 Å². The minimum absolute atomic E-state index is 0.0383. The van der Waals surface area contributed by atoms with E-state index in [1.165, 1.54) is 11.4 Å². The van der Waals surface area contributed by atoms with Crippen LogP contribution in [0.2, 0.25) is 0 Å². The van der Waals surface area contributed by atoms with Crippen LogP contribution >= 0.6 is 0 Å². The average molecular weight is 525 g/mol. The van der Waals surface area contributed by atoms with Crippen molar-refractivity contribution in [3.8, 4) is 5.75 Å². The molecule has 2 fully saturated rings. The molecule has 1 aromatic rings. The molecule has 10 heteroatoms. The van der Waals surface area contributed by atoms with Crippen molar-refractivity contribution < 1.29 is 22.7 Å². The first-order chi connectivity index (χ1) is 17.0. The van der Waals surface area contributed by atoms with E-state index in [1.54, 1.807) is 33.1 Å². The maximum atomic E-state index is 13.1. The maximum Gasteiger partial charge on any atom is 0.248 e. The first kappa shape index (κ1) is 28.8. The maximum absolute atomic E-state index is 13.1. The number of aryl methyl sites for hydroxylation is 2. The third-order valence-corrected chi connectivity index (χ3v) is 9.94. The standard InChI is InChI=1S/C26H44N4O5S/c1-20-17-24(34-6)18-21(2)26(20)36(32,33)28(4)15-16-35-19-25(31)29(5)22-7-9-23(10-8-22)30-13-11-27(3)12-14-30/h17-18,22-23H,7-16,19H2,1-6H3. The molecule has 0 spiro atoms. The van der Waals surface area contributed by atoms with Gasteiger partial charge in [0, 0.05) is 58.9 Å². The van der Waals surface area contributed by atoms with E-state index in [-0.39, 0.29) is 36.6 Å². The Morgan fingerprint density at radius 1 is 1.03 bits per heavy atom. The molecule has 1 saturated carbocycles. The van der Waals surface area contributed by atoms with Gasteiger partial charge in [0.15, 0.2) is 0 Å². The molecule has 3 rings (SSSR count). The van der Waals surface area contributed by atoms with Gasteiger partial charge in [0.2, 0.25) is 15.9 Å². The highest BCUT2D eigenvalue weighted by Crippen LogP contribution is 2.28. The summed E-state index contributed by atoms with van der Waals surface area (Å²) in [5, 5.41) is 0. The second-order valence-electron chi connectivity index (χ2n) is 10.3. The van der Waals surface area contributed by atoms with Crippen LogP contribution in [0.5, 0.6) is 5.75 Å². The summed E-state index contributed by atoms with van der Waals surface area (Å²) in [6, 6.07) is 4.31. The van der Waals surface area contributed by atoms with Gasteiger partial charge in [-0.25, -0.2) is 8.42 Å². The van der Waals surface area contributed by atoms with Gasteiger partial charge in [-0.15, -0.1) is 0 Å². The van der Waals surface area contributed by atoms with Gasteiger partial charge in [-0.3, -0.25) is 9.69 Å². The summed E-state index contributed by atoms with van der Waals surface area (Å²) in [5.74, 6) is 0.579. The van der Waals surface area contributed by atoms with E-state index in [2.05, 4.69) is 16.8 Å². The topological polar surface area (TPSA) is 82.6 Å². The number of hydrogen-bond acceptors (Lipinski definition) is 7. The van der Waals surface area contributed by atoms with Crippen molar-refractivity contribution in [2.75, 3.05) is 74.2 Å². The Labute approximate surface area is 217 Å². The summed E-state index contributed by atoms with van der Waals surface area (Å²) >= 11 is 0. The lowest BCUT2D eigenvalue weighted by atomic mass is 9.89. The van der Waals surface area contributed by atoms with E-state index < -0.39 is 10.0 Å². The number of piperazine rings is 1. The van der Waals surface area contributed by atoms with Gasteiger partial charge in [0.05, 0.1) is 18.6 Å². The number of carbonyl (C=O) groups is 1. The van der Waals surface area contributed by atoms with Crippen LogP contribution in [0.3, 0.4) is 0 Å². The number of rotatable bonds is 10. The molecule has 0 atom stereocenters. The van der Waals surface area contributed by atoms with Crippen molar-refractivity contribution in [2.45, 2.75) is 56.5 Å². The zero-order valence-corrected chi connectivity index (χ0v) is 23.6. The SMILES string of the molecule is COc1cc(C)c(S(=O)(=O)N(C)CCOCC(=O)N(C)C2CCC(N3CCN(C)CC3)CC2)c(C)c1. The molecular formula is C26H44N4O5S. The largest absolute Gasteiger partial charge is 0.497 e. The number of nitrogens with zero attached hydrogens (tertiary/aromatic N) is 4. The fraction of sp³-hybridized carbons (Fsp3) is 0.731. The predicted molar refractivity (Wildman–Crippen MR) is 141 cm³/mol. The fourth-order valence-electron chi connectivity index (χ4n) is 5.37. The van der Waals surface area contributed by atoms with E-state index in [9.17, 15) is 13.2 Å².